The topological polar surface area (TPSA) is 89.8 Å². The van der Waals surface area contributed by atoms with Gasteiger partial charge in [-0.1, -0.05) is 18.2 Å². The molecule has 32 heavy (non-hydrogen) atoms. The quantitative estimate of drug-likeness (QED) is 0.498. The van der Waals surface area contributed by atoms with Gasteiger partial charge in [-0.15, -0.1) is 0 Å². The Labute approximate surface area is 187 Å². The Kier molecular flexibility index (Phi) is 7.70. The highest BCUT2D eigenvalue weighted by Gasteiger charge is 2.18. The van der Waals surface area contributed by atoms with Gasteiger partial charge in [0.25, 0.3) is 11.8 Å². The SMILES string of the molecule is COc1ccc(OC[C@@H](C)NC(=O)/C(=C/c2ccco2)NC(=O)c2ccccc2C)cc1. The number of hydrogen-bond acceptors (Lipinski definition) is 5. The minimum Gasteiger partial charge on any atom is -0.497 e. The number of ether oxygens (including phenoxy) is 2. The van der Waals surface area contributed by atoms with E-state index in [2.05, 4.69) is 10.6 Å². The first-order valence-corrected chi connectivity index (χ1v) is 10.2. The molecule has 7 heteroatoms. The van der Waals surface area contributed by atoms with Gasteiger partial charge in [-0.2, -0.15) is 0 Å². The summed E-state index contributed by atoms with van der Waals surface area (Å²) in [5.74, 6) is 1.01. The Hall–Kier alpha value is -4.00. The molecule has 0 spiro atoms. The van der Waals surface area contributed by atoms with E-state index in [-0.39, 0.29) is 24.3 Å². The van der Waals surface area contributed by atoms with Crippen LogP contribution in [0.4, 0.5) is 0 Å². The first-order valence-electron chi connectivity index (χ1n) is 10.2. The molecule has 1 aromatic heterocycles. The fourth-order valence-corrected chi connectivity index (χ4v) is 2.93. The Morgan fingerprint density at radius 2 is 1.75 bits per heavy atom. The minimum absolute atomic E-state index is 0.0736. The lowest BCUT2D eigenvalue weighted by molar-refractivity contribution is -0.118. The van der Waals surface area contributed by atoms with Crippen molar-refractivity contribution in [2.75, 3.05) is 13.7 Å². The van der Waals surface area contributed by atoms with E-state index in [1.54, 1.807) is 55.6 Å². The van der Waals surface area contributed by atoms with Gasteiger partial charge < -0.3 is 24.5 Å². The summed E-state index contributed by atoms with van der Waals surface area (Å²) in [7, 11) is 1.60. The molecule has 1 heterocycles. The minimum atomic E-state index is -0.450. The van der Waals surface area contributed by atoms with Crippen LogP contribution in [0.1, 0.15) is 28.6 Å². The zero-order chi connectivity index (χ0) is 22.9. The highest BCUT2D eigenvalue weighted by atomic mass is 16.5. The molecule has 0 aliphatic carbocycles. The number of rotatable bonds is 9. The molecule has 0 saturated carbocycles. The summed E-state index contributed by atoms with van der Waals surface area (Å²) in [6.07, 6.45) is 2.98. The van der Waals surface area contributed by atoms with Gasteiger partial charge in [-0.25, -0.2) is 0 Å². The number of benzene rings is 2. The van der Waals surface area contributed by atoms with E-state index in [9.17, 15) is 9.59 Å². The van der Waals surface area contributed by atoms with E-state index >= 15 is 0 Å². The van der Waals surface area contributed by atoms with Crippen molar-refractivity contribution in [3.63, 3.8) is 0 Å². The van der Waals surface area contributed by atoms with E-state index in [1.165, 1.54) is 12.3 Å². The van der Waals surface area contributed by atoms with Gasteiger partial charge in [0, 0.05) is 11.6 Å². The second kappa shape index (κ2) is 10.9. The second-order valence-corrected chi connectivity index (χ2v) is 7.20. The van der Waals surface area contributed by atoms with Crippen molar-refractivity contribution in [1.29, 1.82) is 0 Å². The zero-order valence-electron chi connectivity index (χ0n) is 18.3. The van der Waals surface area contributed by atoms with Gasteiger partial charge in [-0.3, -0.25) is 9.59 Å². The molecular formula is C25H26N2O5. The van der Waals surface area contributed by atoms with Gasteiger partial charge in [0.1, 0.15) is 29.6 Å². The van der Waals surface area contributed by atoms with Crippen LogP contribution in [-0.4, -0.2) is 31.6 Å². The standard InChI is InChI=1S/C25H26N2O5/c1-17-7-4-5-9-22(17)24(28)27-23(15-21-8-6-14-31-21)25(29)26-18(2)16-32-20-12-10-19(30-3)11-13-20/h4-15,18H,16H2,1-3H3,(H,26,29)(H,27,28)/b23-15-/t18-/m1/s1. The first kappa shape index (κ1) is 22.7. The molecule has 3 rings (SSSR count). The second-order valence-electron chi connectivity index (χ2n) is 7.20. The van der Waals surface area contributed by atoms with Crippen molar-refractivity contribution in [2.45, 2.75) is 19.9 Å². The molecule has 0 radical (unpaired) electrons. The van der Waals surface area contributed by atoms with Crippen LogP contribution < -0.4 is 20.1 Å². The molecule has 0 fully saturated rings. The van der Waals surface area contributed by atoms with Gasteiger partial charge in [0.2, 0.25) is 0 Å². The predicted octanol–water partition coefficient (Wildman–Crippen LogP) is 3.95. The monoisotopic (exact) mass is 434 g/mol. The fourth-order valence-electron chi connectivity index (χ4n) is 2.93. The number of carbonyl (C=O) groups excluding carboxylic acids is 2. The largest absolute Gasteiger partial charge is 0.497 e. The smallest absolute Gasteiger partial charge is 0.268 e. The van der Waals surface area contributed by atoms with Crippen LogP contribution in [0.5, 0.6) is 11.5 Å². The Bertz CT molecular complexity index is 1070. The number of methoxy groups -OCH3 is 1. The molecule has 2 aromatic carbocycles. The van der Waals surface area contributed by atoms with Crippen molar-refractivity contribution < 1.29 is 23.5 Å². The van der Waals surface area contributed by atoms with Crippen LogP contribution in [0.3, 0.4) is 0 Å². The van der Waals surface area contributed by atoms with Crippen LogP contribution in [0.15, 0.2) is 77.0 Å². The van der Waals surface area contributed by atoms with Crippen molar-refractivity contribution in [3.05, 3.63) is 89.5 Å². The molecule has 2 N–H and O–H groups in total. The summed E-state index contributed by atoms with van der Waals surface area (Å²) in [5.41, 5.74) is 1.37. The number of nitrogens with one attached hydrogen (secondary N) is 2. The third-order valence-electron chi connectivity index (χ3n) is 4.65. The molecule has 0 bridgehead atoms. The van der Waals surface area contributed by atoms with Crippen molar-refractivity contribution in [2.24, 2.45) is 0 Å². The number of carbonyl (C=O) groups is 2. The maximum Gasteiger partial charge on any atom is 0.268 e. The van der Waals surface area contributed by atoms with Gasteiger partial charge in [0.15, 0.2) is 0 Å². The number of amides is 2. The molecule has 0 unspecified atom stereocenters. The van der Waals surface area contributed by atoms with E-state index in [1.807, 2.05) is 26.0 Å². The number of aryl methyl sites for hydroxylation is 1. The molecule has 0 aliphatic rings. The average Bonchev–Trinajstić information content (AvgIpc) is 3.31. The highest BCUT2D eigenvalue weighted by Crippen LogP contribution is 2.17. The molecule has 0 saturated heterocycles. The highest BCUT2D eigenvalue weighted by molar-refractivity contribution is 6.05. The zero-order valence-corrected chi connectivity index (χ0v) is 18.3. The van der Waals surface area contributed by atoms with E-state index in [0.29, 0.717) is 17.1 Å². The van der Waals surface area contributed by atoms with E-state index < -0.39 is 5.91 Å². The summed E-state index contributed by atoms with van der Waals surface area (Å²) in [4.78, 5) is 25.7. The maximum absolute atomic E-state index is 12.9. The molecule has 2 amide bonds. The van der Waals surface area contributed by atoms with Gasteiger partial charge in [-0.05, 0) is 61.9 Å². The van der Waals surface area contributed by atoms with Crippen molar-refractivity contribution in [1.82, 2.24) is 10.6 Å². The summed E-state index contributed by atoms with van der Waals surface area (Å²) >= 11 is 0. The van der Waals surface area contributed by atoms with Crippen LogP contribution in [0.2, 0.25) is 0 Å². The third-order valence-corrected chi connectivity index (χ3v) is 4.65. The fraction of sp³-hybridized carbons (Fsp3) is 0.200. The van der Waals surface area contributed by atoms with Crippen LogP contribution in [0, 0.1) is 6.92 Å². The summed E-state index contributed by atoms with van der Waals surface area (Å²) < 4.78 is 16.2. The summed E-state index contributed by atoms with van der Waals surface area (Å²) in [6, 6.07) is 17.4. The number of hydrogen-bond donors (Lipinski definition) is 2. The molecule has 166 valence electrons. The molecular weight excluding hydrogens is 408 g/mol. The van der Waals surface area contributed by atoms with Gasteiger partial charge in [0.05, 0.1) is 19.4 Å². The molecule has 3 aromatic rings. The van der Waals surface area contributed by atoms with Crippen LogP contribution in [-0.2, 0) is 4.79 Å². The average molecular weight is 434 g/mol. The lowest BCUT2D eigenvalue weighted by atomic mass is 10.1. The Morgan fingerprint density at radius 3 is 2.41 bits per heavy atom. The molecule has 1 atom stereocenters. The number of furan rings is 1. The lowest BCUT2D eigenvalue weighted by Gasteiger charge is -2.17. The third kappa shape index (κ3) is 6.25. The normalized spacial score (nSPS) is 12.0. The van der Waals surface area contributed by atoms with Crippen molar-refractivity contribution in [3.8, 4) is 11.5 Å². The Morgan fingerprint density at radius 1 is 1.03 bits per heavy atom. The predicted molar refractivity (Wildman–Crippen MR) is 121 cm³/mol. The van der Waals surface area contributed by atoms with Gasteiger partial charge >= 0.3 is 0 Å². The van der Waals surface area contributed by atoms with E-state index in [4.69, 9.17) is 13.9 Å². The lowest BCUT2D eigenvalue weighted by Crippen LogP contribution is -2.41. The van der Waals surface area contributed by atoms with E-state index in [0.717, 1.165) is 11.3 Å². The summed E-state index contributed by atoms with van der Waals surface area (Å²) in [6.45, 7) is 3.90. The maximum atomic E-state index is 12.9. The first-order chi connectivity index (χ1) is 15.5. The molecule has 7 nitrogen and oxygen atoms in total. The van der Waals surface area contributed by atoms with Crippen LogP contribution in [0.25, 0.3) is 6.08 Å². The molecule has 0 aliphatic heterocycles. The van der Waals surface area contributed by atoms with Crippen molar-refractivity contribution >= 4 is 17.9 Å². The summed E-state index contributed by atoms with van der Waals surface area (Å²) in [5, 5.41) is 5.54. The Balaban J connectivity index is 1.66. The van der Waals surface area contributed by atoms with Crippen LogP contribution >= 0.6 is 0 Å².